The largest absolute Gasteiger partial charge is 0.466 e. The minimum atomic E-state index is -0.850. The fourth-order valence-corrected chi connectivity index (χ4v) is 10.2. The van der Waals surface area contributed by atoms with Gasteiger partial charge in [-0.3, -0.25) is 9.59 Å². The van der Waals surface area contributed by atoms with Gasteiger partial charge in [0.15, 0.2) is 0 Å². The van der Waals surface area contributed by atoms with Gasteiger partial charge in [-0.2, -0.15) is 0 Å². The molecule has 0 fully saturated rings. The van der Waals surface area contributed by atoms with Gasteiger partial charge < -0.3 is 20.3 Å². The Morgan fingerprint density at radius 2 is 0.667 bits per heavy atom. The van der Waals surface area contributed by atoms with Crippen molar-refractivity contribution >= 4 is 11.9 Å². The van der Waals surface area contributed by atoms with E-state index < -0.39 is 12.1 Å². The number of allylic oxidation sites excluding steroid dienone is 7. The third-order valence-electron chi connectivity index (χ3n) is 15.3. The number of aliphatic hydroxyl groups is 2. The zero-order chi connectivity index (χ0) is 54.3. The van der Waals surface area contributed by atoms with Crippen LogP contribution in [0.25, 0.3) is 0 Å². The van der Waals surface area contributed by atoms with E-state index in [0.717, 1.165) is 57.8 Å². The summed E-state index contributed by atoms with van der Waals surface area (Å²) in [4.78, 5) is 24.6. The van der Waals surface area contributed by atoms with Crippen LogP contribution in [0, 0.1) is 0 Å². The maximum Gasteiger partial charge on any atom is 0.305 e. The topological polar surface area (TPSA) is 95.9 Å². The molecule has 0 heterocycles. The number of carbonyl (C=O) groups excluding carboxylic acids is 2. The van der Waals surface area contributed by atoms with Crippen LogP contribution in [0.1, 0.15) is 354 Å². The molecule has 0 saturated carbocycles. The van der Waals surface area contributed by atoms with E-state index in [-0.39, 0.29) is 18.5 Å². The Morgan fingerprint density at radius 3 is 1.05 bits per heavy atom. The molecule has 0 spiro atoms. The molecule has 2 atom stereocenters. The molecule has 0 radical (unpaired) electrons. The predicted molar refractivity (Wildman–Crippen MR) is 329 cm³/mol. The Labute approximate surface area is 467 Å². The number of aliphatic hydroxyl groups excluding tert-OH is 2. The van der Waals surface area contributed by atoms with Gasteiger partial charge in [-0.05, 0) is 89.9 Å². The number of hydrogen-bond donors (Lipinski definition) is 3. The average Bonchev–Trinajstić information content (AvgIpc) is 3.41. The van der Waals surface area contributed by atoms with Gasteiger partial charge in [-0.1, -0.05) is 300 Å². The zero-order valence-corrected chi connectivity index (χ0v) is 50.3. The first kappa shape index (κ1) is 72.8. The molecule has 1 amide bonds. The van der Waals surface area contributed by atoms with Crippen molar-refractivity contribution in [2.24, 2.45) is 0 Å². The average molecular weight is 1050 g/mol. The molecule has 0 aliphatic heterocycles. The van der Waals surface area contributed by atoms with Crippen molar-refractivity contribution in [3.63, 3.8) is 0 Å². The Morgan fingerprint density at radius 1 is 0.373 bits per heavy atom. The van der Waals surface area contributed by atoms with Crippen molar-refractivity contribution < 1.29 is 24.5 Å². The lowest BCUT2D eigenvalue weighted by Gasteiger charge is -2.20. The smallest absolute Gasteiger partial charge is 0.305 e. The summed E-state index contributed by atoms with van der Waals surface area (Å²) in [6.45, 7) is 4.89. The fraction of sp³-hybridized carbons (Fsp3) is 0.855. The summed E-state index contributed by atoms with van der Waals surface area (Å²) in [5.74, 6) is -0.0752. The van der Waals surface area contributed by atoms with Crippen molar-refractivity contribution in [3.05, 3.63) is 48.6 Å². The Bertz CT molecular complexity index is 1260. The van der Waals surface area contributed by atoms with E-state index in [0.29, 0.717) is 19.4 Å². The van der Waals surface area contributed by atoms with Gasteiger partial charge in [-0.25, -0.2) is 0 Å². The normalized spacial score (nSPS) is 12.9. The monoisotopic (exact) mass is 1050 g/mol. The molecule has 0 aliphatic rings. The molecule has 0 aromatic carbocycles. The van der Waals surface area contributed by atoms with Gasteiger partial charge in [0.25, 0.3) is 0 Å². The van der Waals surface area contributed by atoms with E-state index in [2.05, 4.69) is 55.6 Å². The first-order valence-corrected chi connectivity index (χ1v) is 33.4. The molecule has 0 aromatic heterocycles. The first-order valence-electron chi connectivity index (χ1n) is 33.4. The van der Waals surface area contributed by atoms with Crippen LogP contribution in [0.15, 0.2) is 48.6 Å². The number of hydrogen-bond acceptors (Lipinski definition) is 5. The minimum Gasteiger partial charge on any atom is -0.466 e. The minimum absolute atomic E-state index is 0.00303. The number of amides is 1. The summed E-state index contributed by atoms with van der Waals surface area (Å²) in [6.07, 6.45) is 83.1. The molecule has 75 heavy (non-hydrogen) atoms. The van der Waals surface area contributed by atoms with E-state index in [1.807, 2.05) is 6.08 Å². The Kier molecular flexibility index (Phi) is 62.5. The molecule has 440 valence electrons. The van der Waals surface area contributed by atoms with Gasteiger partial charge in [0.05, 0.1) is 25.4 Å². The molecule has 0 aliphatic carbocycles. The molecular formula is C69H129NO5. The number of nitrogens with one attached hydrogen (secondary N) is 1. The van der Waals surface area contributed by atoms with E-state index >= 15 is 0 Å². The van der Waals surface area contributed by atoms with Gasteiger partial charge >= 0.3 is 5.97 Å². The first-order chi connectivity index (χ1) is 37.0. The second-order valence-corrected chi connectivity index (χ2v) is 22.8. The van der Waals surface area contributed by atoms with Crippen LogP contribution >= 0.6 is 0 Å². The number of esters is 1. The van der Waals surface area contributed by atoms with Crippen molar-refractivity contribution in [2.75, 3.05) is 13.2 Å². The molecule has 6 heteroatoms. The summed E-state index contributed by atoms with van der Waals surface area (Å²) in [5.41, 5.74) is 0. The third-order valence-corrected chi connectivity index (χ3v) is 15.3. The fourth-order valence-electron chi connectivity index (χ4n) is 10.2. The standard InChI is InChI=1S/C69H129NO5/c1-3-5-7-9-11-13-15-17-19-20-21-27-30-34-37-41-45-49-53-57-61-67(72)66(65-71)70-68(73)62-58-54-50-46-42-38-35-31-28-25-23-22-24-26-29-32-36-40-44-48-52-56-60-64-75-69(74)63-59-55-51-47-43-39-33-18-16-14-12-10-8-6-4-2/h12,14,18,25,28,33,57,61,66-67,71-72H,3-11,13,15-17,19-24,26-27,29-32,34-56,58-60,62-65H2,1-2H3,(H,70,73)/b14-12-,28-25-,33-18-,61-57+. The van der Waals surface area contributed by atoms with Crippen LogP contribution < -0.4 is 5.32 Å². The summed E-state index contributed by atoms with van der Waals surface area (Å²) >= 11 is 0. The molecule has 0 aromatic rings. The van der Waals surface area contributed by atoms with E-state index in [1.54, 1.807) is 6.08 Å². The van der Waals surface area contributed by atoms with Crippen molar-refractivity contribution in [3.8, 4) is 0 Å². The van der Waals surface area contributed by atoms with Gasteiger partial charge in [0, 0.05) is 12.8 Å². The van der Waals surface area contributed by atoms with Gasteiger partial charge in [0.2, 0.25) is 5.91 Å². The SMILES string of the molecule is CCCCC/C=C\C/C=C\CCCCCCCC(=O)OCCCCCCCCCCCCCC/C=C\CCCCCCCCCC(=O)NC(CO)C(O)/C=C/CCCCCCCCCCCCCCCCCCCC. The van der Waals surface area contributed by atoms with Crippen molar-refractivity contribution in [1.29, 1.82) is 0 Å². The van der Waals surface area contributed by atoms with Crippen LogP contribution in [0.5, 0.6) is 0 Å². The highest BCUT2D eigenvalue weighted by Crippen LogP contribution is 2.17. The second kappa shape index (κ2) is 64.3. The van der Waals surface area contributed by atoms with Crippen molar-refractivity contribution in [1.82, 2.24) is 5.32 Å². The van der Waals surface area contributed by atoms with Crippen LogP contribution in [0.4, 0.5) is 0 Å². The lowest BCUT2D eigenvalue weighted by Crippen LogP contribution is -2.45. The highest BCUT2D eigenvalue weighted by atomic mass is 16.5. The van der Waals surface area contributed by atoms with E-state index in [9.17, 15) is 19.8 Å². The summed E-state index contributed by atoms with van der Waals surface area (Å²) in [5, 5.41) is 23.2. The van der Waals surface area contributed by atoms with Crippen LogP contribution in [-0.2, 0) is 14.3 Å². The molecule has 0 rings (SSSR count). The van der Waals surface area contributed by atoms with Crippen molar-refractivity contribution in [2.45, 2.75) is 366 Å². The lowest BCUT2D eigenvalue weighted by atomic mass is 10.0. The molecular weight excluding hydrogens is 923 g/mol. The van der Waals surface area contributed by atoms with E-state index in [4.69, 9.17) is 4.74 Å². The lowest BCUT2D eigenvalue weighted by molar-refractivity contribution is -0.143. The summed E-state index contributed by atoms with van der Waals surface area (Å²) in [7, 11) is 0. The summed E-state index contributed by atoms with van der Waals surface area (Å²) in [6, 6.07) is -0.634. The number of ether oxygens (including phenoxy) is 1. The molecule has 0 saturated heterocycles. The highest BCUT2D eigenvalue weighted by Gasteiger charge is 2.18. The maximum absolute atomic E-state index is 12.5. The number of unbranched alkanes of at least 4 members (excludes halogenated alkanes) is 45. The van der Waals surface area contributed by atoms with Crippen LogP contribution in [-0.4, -0.2) is 47.4 Å². The quantitative estimate of drug-likeness (QED) is 0.0320. The Hall–Kier alpha value is -2.18. The van der Waals surface area contributed by atoms with Crippen LogP contribution in [0.2, 0.25) is 0 Å². The zero-order valence-electron chi connectivity index (χ0n) is 50.3. The summed E-state index contributed by atoms with van der Waals surface area (Å²) < 4.78 is 5.48. The second-order valence-electron chi connectivity index (χ2n) is 22.8. The maximum atomic E-state index is 12.5. The van der Waals surface area contributed by atoms with Gasteiger partial charge in [0.1, 0.15) is 0 Å². The highest BCUT2D eigenvalue weighted by molar-refractivity contribution is 5.76. The molecule has 0 bridgehead atoms. The van der Waals surface area contributed by atoms with Gasteiger partial charge in [-0.15, -0.1) is 0 Å². The third kappa shape index (κ3) is 60.9. The Balaban J connectivity index is 3.45. The molecule has 2 unspecified atom stereocenters. The number of rotatable bonds is 62. The molecule has 6 nitrogen and oxygen atoms in total. The predicted octanol–water partition coefficient (Wildman–Crippen LogP) is 21.3. The number of carbonyl (C=O) groups is 2. The molecule has 3 N–H and O–H groups in total. The van der Waals surface area contributed by atoms with Crippen LogP contribution in [0.3, 0.4) is 0 Å². The van der Waals surface area contributed by atoms with E-state index in [1.165, 1.54) is 270 Å².